The summed E-state index contributed by atoms with van der Waals surface area (Å²) in [5, 5.41) is 2.63. The van der Waals surface area contributed by atoms with Crippen molar-refractivity contribution in [2.45, 2.75) is 6.18 Å². The second kappa shape index (κ2) is 3.71. The third-order valence-corrected chi connectivity index (χ3v) is 2.03. The first-order chi connectivity index (χ1) is 7.47. The van der Waals surface area contributed by atoms with Crippen LogP contribution in [0.4, 0.5) is 13.2 Å². The second-order valence-electron chi connectivity index (χ2n) is 2.93. The summed E-state index contributed by atoms with van der Waals surface area (Å²) >= 11 is 4.72. The van der Waals surface area contributed by atoms with E-state index in [0.717, 1.165) is 12.3 Å². The molecule has 4 nitrogen and oxygen atoms in total. The summed E-state index contributed by atoms with van der Waals surface area (Å²) in [6.45, 7) is 0. The lowest BCUT2D eigenvalue weighted by atomic mass is 10.3. The van der Waals surface area contributed by atoms with Gasteiger partial charge in [-0.1, -0.05) is 0 Å². The van der Waals surface area contributed by atoms with Crippen molar-refractivity contribution in [3.8, 4) is 5.82 Å². The number of H-pyrrole nitrogens is 1. The molecule has 1 N–H and O–H groups in total. The molecule has 8 heteroatoms. The minimum absolute atomic E-state index is 0.238. The first-order valence-corrected chi connectivity index (χ1v) is 4.55. The van der Waals surface area contributed by atoms with Crippen LogP contribution in [0.2, 0.25) is 0 Å². The third kappa shape index (κ3) is 2.11. The SMILES string of the molecule is FC(F)(F)c1ccc(-n2cnc(=S)[nH]2)nc1. The molecule has 0 saturated heterocycles. The molecule has 2 aromatic rings. The van der Waals surface area contributed by atoms with Gasteiger partial charge in [-0.05, 0) is 24.4 Å². The summed E-state index contributed by atoms with van der Waals surface area (Å²) in [5.41, 5.74) is -0.796. The molecule has 0 spiro atoms. The molecular weight excluding hydrogens is 241 g/mol. The number of halogens is 3. The smallest absolute Gasteiger partial charge is 0.265 e. The van der Waals surface area contributed by atoms with Crippen LogP contribution in [-0.4, -0.2) is 19.7 Å². The van der Waals surface area contributed by atoms with Gasteiger partial charge in [-0.15, -0.1) is 0 Å². The first-order valence-electron chi connectivity index (χ1n) is 4.14. The average molecular weight is 246 g/mol. The van der Waals surface area contributed by atoms with Gasteiger partial charge in [-0.3, -0.25) is 5.10 Å². The van der Waals surface area contributed by atoms with Gasteiger partial charge in [-0.2, -0.15) is 13.2 Å². The number of aromatic amines is 1. The first kappa shape index (κ1) is 10.8. The van der Waals surface area contributed by atoms with Crippen molar-refractivity contribution in [3.05, 3.63) is 35.0 Å². The third-order valence-electron chi connectivity index (χ3n) is 1.83. The summed E-state index contributed by atoms with van der Waals surface area (Å²) in [4.78, 5) is 7.38. The average Bonchev–Trinajstić information content (AvgIpc) is 2.64. The molecule has 2 heterocycles. The Morgan fingerprint density at radius 2 is 2.00 bits per heavy atom. The Balaban J connectivity index is 2.36. The van der Waals surface area contributed by atoms with Crippen LogP contribution in [0, 0.1) is 4.77 Å². The topological polar surface area (TPSA) is 46.5 Å². The van der Waals surface area contributed by atoms with Crippen molar-refractivity contribution in [2.24, 2.45) is 0 Å². The zero-order valence-corrected chi connectivity index (χ0v) is 8.51. The Labute approximate surface area is 92.8 Å². The van der Waals surface area contributed by atoms with Crippen LogP contribution in [0.5, 0.6) is 0 Å². The van der Waals surface area contributed by atoms with Crippen LogP contribution >= 0.6 is 12.2 Å². The molecule has 0 unspecified atom stereocenters. The summed E-state index contributed by atoms with van der Waals surface area (Å²) in [7, 11) is 0. The van der Waals surface area contributed by atoms with Crippen molar-refractivity contribution in [1.29, 1.82) is 0 Å². The van der Waals surface area contributed by atoms with Crippen LogP contribution in [0.25, 0.3) is 5.82 Å². The molecule has 2 rings (SSSR count). The highest BCUT2D eigenvalue weighted by molar-refractivity contribution is 7.71. The predicted molar refractivity (Wildman–Crippen MR) is 51.5 cm³/mol. The van der Waals surface area contributed by atoms with E-state index in [1.54, 1.807) is 0 Å². The second-order valence-corrected chi connectivity index (χ2v) is 3.32. The quantitative estimate of drug-likeness (QED) is 0.785. The minimum Gasteiger partial charge on any atom is -0.265 e. The Hall–Kier alpha value is -1.70. The molecule has 0 aromatic carbocycles. The van der Waals surface area contributed by atoms with Gasteiger partial charge in [0, 0.05) is 6.20 Å². The molecule has 0 aliphatic heterocycles. The Bertz CT molecular complexity index is 539. The van der Waals surface area contributed by atoms with Crippen molar-refractivity contribution in [2.75, 3.05) is 0 Å². The van der Waals surface area contributed by atoms with Gasteiger partial charge in [0.25, 0.3) is 0 Å². The number of hydrogen-bond donors (Lipinski definition) is 1. The van der Waals surface area contributed by atoms with E-state index in [1.165, 1.54) is 17.1 Å². The summed E-state index contributed by atoms with van der Waals surface area (Å²) in [5.74, 6) is 0.289. The molecule has 0 atom stereocenters. The van der Waals surface area contributed by atoms with E-state index in [2.05, 4.69) is 15.1 Å². The van der Waals surface area contributed by atoms with E-state index in [4.69, 9.17) is 12.2 Å². The lowest BCUT2D eigenvalue weighted by molar-refractivity contribution is -0.137. The lowest BCUT2D eigenvalue weighted by Crippen LogP contribution is -2.06. The van der Waals surface area contributed by atoms with E-state index in [-0.39, 0.29) is 10.6 Å². The summed E-state index contributed by atoms with van der Waals surface area (Å²) < 4.78 is 38.3. The van der Waals surface area contributed by atoms with Crippen molar-refractivity contribution >= 4 is 12.2 Å². The molecule has 0 radical (unpaired) electrons. The van der Waals surface area contributed by atoms with E-state index >= 15 is 0 Å². The monoisotopic (exact) mass is 246 g/mol. The van der Waals surface area contributed by atoms with Crippen LogP contribution in [0.15, 0.2) is 24.7 Å². The molecule has 0 saturated carbocycles. The van der Waals surface area contributed by atoms with Gasteiger partial charge < -0.3 is 0 Å². The number of nitrogens with zero attached hydrogens (tertiary/aromatic N) is 3. The molecule has 0 aliphatic carbocycles. The molecule has 0 fully saturated rings. The number of nitrogens with one attached hydrogen (secondary N) is 1. The predicted octanol–water partition coefficient (Wildman–Crippen LogP) is 2.34. The highest BCUT2D eigenvalue weighted by Gasteiger charge is 2.30. The number of alkyl halides is 3. The minimum atomic E-state index is -4.38. The van der Waals surface area contributed by atoms with E-state index in [0.29, 0.717) is 0 Å². The molecule has 0 bridgehead atoms. The standard InChI is InChI=1S/C8H5F3N4S/c9-8(10,11)5-1-2-6(12-3-5)15-4-13-7(16)14-15/h1-4H,(H,14,16). The molecule has 0 aliphatic rings. The van der Waals surface area contributed by atoms with Gasteiger partial charge in [0.2, 0.25) is 4.77 Å². The number of aromatic nitrogens is 4. The van der Waals surface area contributed by atoms with Crippen LogP contribution in [-0.2, 0) is 6.18 Å². The van der Waals surface area contributed by atoms with E-state index in [1.807, 2.05) is 0 Å². The van der Waals surface area contributed by atoms with Crippen molar-refractivity contribution in [3.63, 3.8) is 0 Å². The van der Waals surface area contributed by atoms with Crippen molar-refractivity contribution in [1.82, 2.24) is 19.7 Å². The van der Waals surface area contributed by atoms with Crippen LogP contribution in [0.3, 0.4) is 0 Å². The maximum Gasteiger partial charge on any atom is 0.417 e. The highest BCUT2D eigenvalue weighted by Crippen LogP contribution is 2.28. The highest BCUT2D eigenvalue weighted by atomic mass is 32.1. The lowest BCUT2D eigenvalue weighted by Gasteiger charge is -2.06. The fourth-order valence-corrected chi connectivity index (χ4v) is 1.23. The largest absolute Gasteiger partial charge is 0.417 e. The van der Waals surface area contributed by atoms with E-state index < -0.39 is 11.7 Å². The fraction of sp³-hybridized carbons (Fsp3) is 0.125. The van der Waals surface area contributed by atoms with Gasteiger partial charge in [0.15, 0.2) is 5.82 Å². The molecule has 0 amide bonds. The Morgan fingerprint density at radius 1 is 1.25 bits per heavy atom. The molecular formula is C8H5F3N4S. The Kier molecular flexibility index (Phi) is 2.50. The number of rotatable bonds is 1. The van der Waals surface area contributed by atoms with E-state index in [9.17, 15) is 13.2 Å². The number of pyridine rings is 1. The fourth-order valence-electron chi connectivity index (χ4n) is 1.08. The molecule has 16 heavy (non-hydrogen) atoms. The summed E-state index contributed by atoms with van der Waals surface area (Å²) in [6.07, 6.45) is -2.28. The molecule has 2 aromatic heterocycles. The summed E-state index contributed by atoms with van der Waals surface area (Å²) in [6, 6.07) is 2.18. The van der Waals surface area contributed by atoms with Gasteiger partial charge in [0.1, 0.15) is 6.33 Å². The van der Waals surface area contributed by atoms with Gasteiger partial charge >= 0.3 is 6.18 Å². The molecule has 84 valence electrons. The van der Waals surface area contributed by atoms with Crippen molar-refractivity contribution < 1.29 is 13.2 Å². The zero-order valence-electron chi connectivity index (χ0n) is 7.69. The maximum atomic E-state index is 12.2. The zero-order chi connectivity index (χ0) is 11.8. The van der Waals surface area contributed by atoms with Gasteiger partial charge in [-0.25, -0.2) is 14.6 Å². The van der Waals surface area contributed by atoms with Gasteiger partial charge in [0.05, 0.1) is 5.56 Å². The van der Waals surface area contributed by atoms with Crippen LogP contribution < -0.4 is 0 Å². The normalized spacial score (nSPS) is 11.7. The maximum absolute atomic E-state index is 12.2. The van der Waals surface area contributed by atoms with Crippen LogP contribution in [0.1, 0.15) is 5.56 Å². The number of hydrogen-bond acceptors (Lipinski definition) is 3. The Morgan fingerprint density at radius 3 is 2.44 bits per heavy atom.